The van der Waals surface area contributed by atoms with Crippen LogP contribution in [0.1, 0.15) is 0 Å². The second-order valence-electron chi connectivity index (χ2n) is 6.39. The molecule has 2 aromatic heterocycles. The standard InChI is InChI=1S/C21H20N4O3/c1-24-13-16(12-23-24)15-6-14-7-17(4-5-21(14)22-11-15)25(26)18-8-19(27-2)10-20(9-18)28-3/h4-13,26H,1-3H3. The number of rotatable bonds is 5. The number of methoxy groups -OCH3 is 2. The van der Waals surface area contributed by atoms with Crippen LogP contribution in [0, 0.1) is 0 Å². The van der Waals surface area contributed by atoms with Crippen molar-refractivity contribution in [3.8, 4) is 22.6 Å². The van der Waals surface area contributed by atoms with Crippen LogP contribution in [0.15, 0.2) is 61.1 Å². The number of ether oxygens (including phenoxy) is 2. The lowest BCUT2D eigenvalue weighted by molar-refractivity contribution is 0.299. The minimum atomic E-state index is 0.534. The molecule has 4 rings (SSSR count). The topological polar surface area (TPSA) is 72.6 Å². The zero-order chi connectivity index (χ0) is 19.7. The first-order valence-electron chi connectivity index (χ1n) is 8.68. The monoisotopic (exact) mass is 376 g/mol. The summed E-state index contributed by atoms with van der Waals surface area (Å²) in [7, 11) is 5.02. The molecule has 0 aliphatic carbocycles. The van der Waals surface area contributed by atoms with Crippen molar-refractivity contribution >= 4 is 22.3 Å². The largest absolute Gasteiger partial charge is 0.497 e. The van der Waals surface area contributed by atoms with Gasteiger partial charge in [0.05, 0.1) is 37.3 Å². The van der Waals surface area contributed by atoms with Gasteiger partial charge in [0.25, 0.3) is 0 Å². The summed E-state index contributed by atoms with van der Waals surface area (Å²) in [5, 5.41) is 17.0. The molecule has 0 atom stereocenters. The number of hydrogen-bond acceptors (Lipinski definition) is 6. The molecule has 0 saturated carbocycles. The maximum atomic E-state index is 10.8. The zero-order valence-electron chi connectivity index (χ0n) is 15.8. The van der Waals surface area contributed by atoms with E-state index in [0.717, 1.165) is 27.1 Å². The second kappa shape index (κ2) is 7.21. The van der Waals surface area contributed by atoms with Crippen molar-refractivity contribution in [1.29, 1.82) is 0 Å². The van der Waals surface area contributed by atoms with E-state index in [0.29, 0.717) is 22.9 Å². The third-order valence-electron chi connectivity index (χ3n) is 4.53. The molecule has 0 aliphatic heterocycles. The van der Waals surface area contributed by atoms with Crippen LogP contribution >= 0.6 is 0 Å². The van der Waals surface area contributed by atoms with Gasteiger partial charge in [0.2, 0.25) is 0 Å². The Balaban J connectivity index is 1.74. The molecule has 7 heteroatoms. The average Bonchev–Trinajstić information content (AvgIpc) is 3.18. The van der Waals surface area contributed by atoms with Gasteiger partial charge in [-0.2, -0.15) is 5.10 Å². The van der Waals surface area contributed by atoms with Gasteiger partial charge in [-0.15, -0.1) is 0 Å². The molecule has 1 N–H and O–H groups in total. The molecule has 0 spiro atoms. The minimum absolute atomic E-state index is 0.534. The summed E-state index contributed by atoms with van der Waals surface area (Å²) in [6.07, 6.45) is 5.56. The first-order chi connectivity index (χ1) is 13.6. The van der Waals surface area contributed by atoms with Crippen LogP contribution in [-0.2, 0) is 7.05 Å². The summed E-state index contributed by atoms with van der Waals surface area (Å²) in [5.74, 6) is 1.18. The van der Waals surface area contributed by atoms with Crippen LogP contribution in [0.2, 0.25) is 0 Å². The molecule has 0 saturated heterocycles. The van der Waals surface area contributed by atoms with Crippen molar-refractivity contribution < 1.29 is 14.7 Å². The quantitative estimate of drug-likeness (QED) is 0.527. The van der Waals surface area contributed by atoms with Crippen LogP contribution in [-0.4, -0.2) is 34.2 Å². The summed E-state index contributed by atoms with van der Waals surface area (Å²) in [5.41, 5.74) is 3.93. The Morgan fingerprint density at radius 2 is 1.64 bits per heavy atom. The second-order valence-corrected chi connectivity index (χ2v) is 6.39. The van der Waals surface area contributed by atoms with Crippen LogP contribution in [0.3, 0.4) is 0 Å². The highest BCUT2D eigenvalue weighted by molar-refractivity contribution is 5.87. The van der Waals surface area contributed by atoms with Crippen molar-refractivity contribution in [2.24, 2.45) is 7.05 Å². The van der Waals surface area contributed by atoms with Crippen molar-refractivity contribution in [3.05, 3.63) is 61.1 Å². The van der Waals surface area contributed by atoms with Gasteiger partial charge in [-0.1, -0.05) is 0 Å². The molecule has 4 aromatic rings. The number of fused-ring (bicyclic) bond motifs is 1. The van der Waals surface area contributed by atoms with E-state index in [2.05, 4.69) is 10.1 Å². The van der Waals surface area contributed by atoms with Gasteiger partial charge in [-0.25, -0.2) is 5.06 Å². The van der Waals surface area contributed by atoms with Crippen LogP contribution in [0.5, 0.6) is 11.5 Å². The first kappa shape index (κ1) is 17.8. The fourth-order valence-corrected chi connectivity index (χ4v) is 3.04. The number of aryl methyl sites for hydroxylation is 1. The van der Waals surface area contributed by atoms with Crippen LogP contribution in [0.25, 0.3) is 22.0 Å². The normalized spacial score (nSPS) is 10.9. The molecular weight excluding hydrogens is 356 g/mol. The summed E-state index contributed by atoms with van der Waals surface area (Å²) < 4.78 is 12.3. The maximum absolute atomic E-state index is 10.8. The Labute approximate surface area is 162 Å². The molecule has 0 fully saturated rings. The third-order valence-corrected chi connectivity index (χ3v) is 4.53. The number of aromatic nitrogens is 3. The lowest BCUT2D eigenvalue weighted by Gasteiger charge is -2.19. The van der Waals surface area contributed by atoms with E-state index < -0.39 is 0 Å². The van der Waals surface area contributed by atoms with Gasteiger partial charge >= 0.3 is 0 Å². The lowest BCUT2D eigenvalue weighted by Crippen LogP contribution is -2.10. The molecule has 0 radical (unpaired) electrons. The Bertz CT molecular complexity index is 1120. The highest BCUT2D eigenvalue weighted by Crippen LogP contribution is 2.33. The number of pyridine rings is 1. The fraction of sp³-hybridized carbons (Fsp3) is 0.143. The molecule has 0 unspecified atom stereocenters. The van der Waals surface area contributed by atoms with Gasteiger partial charge in [-0.05, 0) is 24.3 Å². The first-order valence-corrected chi connectivity index (χ1v) is 8.68. The molecule has 2 aromatic carbocycles. The Hall–Kier alpha value is -3.58. The molecular formula is C21H20N4O3. The highest BCUT2D eigenvalue weighted by Gasteiger charge is 2.12. The van der Waals surface area contributed by atoms with Gasteiger partial charge < -0.3 is 9.47 Å². The van der Waals surface area contributed by atoms with Crippen molar-refractivity contribution in [1.82, 2.24) is 14.8 Å². The van der Waals surface area contributed by atoms with Gasteiger partial charge in [0.15, 0.2) is 0 Å². The van der Waals surface area contributed by atoms with E-state index in [1.54, 1.807) is 43.3 Å². The number of hydrogen-bond donors (Lipinski definition) is 1. The molecule has 0 aliphatic rings. The molecule has 7 nitrogen and oxygen atoms in total. The predicted molar refractivity (Wildman–Crippen MR) is 107 cm³/mol. The van der Waals surface area contributed by atoms with E-state index in [4.69, 9.17) is 9.47 Å². The summed E-state index contributed by atoms with van der Waals surface area (Å²) in [6, 6.07) is 12.8. The highest BCUT2D eigenvalue weighted by atomic mass is 16.5. The van der Waals surface area contributed by atoms with Crippen molar-refractivity contribution in [2.75, 3.05) is 19.3 Å². The Morgan fingerprint density at radius 1 is 0.893 bits per heavy atom. The molecule has 2 heterocycles. The van der Waals surface area contributed by atoms with E-state index >= 15 is 0 Å². The zero-order valence-corrected chi connectivity index (χ0v) is 15.8. The van der Waals surface area contributed by atoms with Crippen LogP contribution in [0.4, 0.5) is 11.4 Å². The number of nitrogens with zero attached hydrogens (tertiary/aromatic N) is 4. The Kier molecular flexibility index (Phi) is 4.58. The van der Waals surface area contributed by atoms with Crippen molar-refractivity contribution in [3.63, 3.8) is 0 Å². The van der Waals surface area contributed by atoms with E-state index in [1.807, 2.05) is 43.7 Å². The lowest BCUT2D eigenvalue weighted by atomic mass is 10.1. The predicted octanol–water partition coefficient (Wildman–Crippen LogP) is 4.18. The summed E-state index contributed by atoms with van der Waals surface area (Å²) in [6.45, 7) is 0. The third kappa shape index (κ3) is 3.35. The molecule has 142 valence electrons. The number of anilines is 2. The van der Waals surface area contributed by atoms with E-state index in [1.165, 1.54) is 0 Å². The van der Waals surface area contributed by atoms with Gasteiger partial charge in [0.1, 0.15) is 11.5 Å². The summed E-state index contributed by atoms with van der Waals surface area (Å²) in [4.78, 5) is 4.52. The van der Waals surface area contributed by atoms with Crippen molar-refractivity contribution in [2.45, 2.75) is 0 Å². The Morgan fingerprint density at radius 3 is 2.29 bits per heavy atom. The molecule has 28 heavy (non-hydrogen) atoms. The van der Waals surface area contributed by atoms with Gasteiger partial charge in [-0.3, -0.25) is 14.9 Å². The van der Waals surface area contributed by atoms with E-state index in [9.17, 15) is 5.21 Å². The summed E-state index contributed by atoms with van der Waals surface area (Å²) >= 11 is 0. The van der Waals surface area contributed by atoms with Crippen LogP contribution < -0.4 is 14.5 Å². The number of benzene rings is 2. The van der Waals surface area contributed by atoms with Gasteiger partial charge in [0, 0.05) is 54.2 Å². The fourth-order valence-electron chi connectivity index (χ4n) is 3.04. The molecule has 0 amide bonds. The minimum Gasteiger partial charge on any atom is -0.497 e. The van der Waals surface area contributed by atoms with E-state index in [-0.39, 0.29) is 0 Å². The molecule has 0 bridgehead atoms. The SMILES string of the molecule is COc1cc(OC)cc(N(O)c2ccc3ncc(-c4cnn(C)c4)cc3c2)c1. The maximum Gasteiger partial charge on any atom is 0.124 e. The smallest absolute Gasteiger partial charge is 0.124 e. The average molecular weight is 376 g/mol.